The lowest BCUT2D eigenvalue weighted by atomic mass is 9.93. The zero-order valence-corrected chi connectivity index (χ0v) is 12.4. The molecule has 3 unspecified atom stereocenters. The van der Waals surface area contributed by atoms with E-state index in [1.165, 1.54) is 19.8 Å². The number of hydrogen-bond donors (Lipinski definition) is 0. The van der Waals surface area contributed by atoms with Gasteiger partial charge in [-0.05, 0) is 48.3 Å². The van der Waals surface area contributed by atoms with Crippen LogP contribution in [0.3, 0.4) is 0 Å². The minimum Gasteiger partial charge on any atom is -0.493 e. The Balaban J connectivity index is 1.73. The van der Waals surface area contributed by atoms with E-state index >= 15 is 0 Å². The van der Waals surface area contributed by atoms with Gasteiger partial charge in [0.1, 0.15) is 0 Å². The van der Waals surface area contributed by atoms with Gasteiger partial charge in [0, 0.05) is 6.92 Å². The van der Waals surface area contributed by atoms with E-state index < -0.39 is 0 Å². The van der Waals surface area contributed by atoms with E-state index in [-0.39, 0.29) is 5.97 Å². The zero-order valence-electron chi connectivity index (χ0n) is 12.4. The fraction of sp³-hybridized carbons (Fsp3) is 0.389. The van der Waals surface area contributed by atoms with Crippen LogP contribution in [0.4, 0.5) is 0 Å². The van der Waals surface area contributed by atoms with Crippen molar-refractivity contribution in [2.75, 3.05) is 7.11 Å². The number of carbonyl (C=O) groups is 1. The van der Waals surface area contributed by atoms with Gasteiger partial charge in [-0.1, -0.05) is 30.4 Å². The molecule has 21 heavy (non-hydrogen) atoms. The second-order valence-corrected chi connectivity index (χ2v) is 5.81. The van der Waals surface area contributed by atoms with Crippen LogP contribution < -0.4 is 9.47 Å². The van der Waals surface area contributed by atoms with Crippen molar-refractivity contribution in [2.45, 2.75) is 19.8 Å². The van der Waals surface area contributed by atoms with E-state index in [1.807, 2.05) is 12.1 Å². The van der Waals surface area contributed by atoms with Gasteiger partial charge < -0.3 is 9.47 Å². The topological polar surface area (TPSA) is 35.5 Å². The van der Waals surface area contributed by atoms with Crippen LogP contribution in [0.25, 0.3) is 6.08 Å². The van der Waals surface area contributed by atoms with Gasteiger partial charge in [-0.15, -0.1) is 0 Å². The van der Waals surface area contributed by atoms with Crippen molar-refractivity contribution >= 4 is 12.0 Å². The number of benzene rings is 1. The summed E-state index contributed by atoms with van der Waals surface area (Å²) in [6.45, 7) is 1.38. The molecular formula is C18H20O3. The van der Waals surface area contributed by atoms with Crippen molar-refractivity contribution < 1.29 is 14.3 Å². The summed E-state index contributed by atoms with van der Waals surface area (Å²) in [5.74, 6) is 2.86. The molecule has 2 bridgehead atoms. The first-order valence-corrected chi connectivity index (χ1v) is 7.38. The zero-order chi connectivity index (χ0) is 14.8. The predicted octanol–water partition coefficient (Wildman–Crippen LogP) is 3.85. The van der Waals surface area contributed by atoms with Gasteiger partial charge in [0.05, 0.1) is 7.11 Å². The summed E-state index contributed by atoms with van der Waals surface area (Å²) in [6.07, 6.45) is 11.7. The number of methoxy groups -OCH3 is 1. The summed E-state index contributed by atoms with van der Waals surface area (Å²) in [7, 11) is 1.58. The number of carbonyl (C=O) groups excluding carboxylic acids is 1. The lowest BCUT2D eigenvalue weighted by Crippen LogP contribution is -2.03. The third kappa shape index (κ3) is 3.02. The average Bonchev–Trinajstić information content (AvgIpc) is 3.08. The quantitative estimate of drug-likeness (QED) is 0.478. The van der Waals surface area contributed by atoms with Crippen LogP contribution in [0.15, 0.2) is 36.4 Å². The monoisotopic (exact) mass is 284 g/mol. The van der Waals surface area contributed by atoms with Crippen molar-refractivity contribution in [1.29, 1.82) is 0 Å². The molecular weight excluding hydrogens is 264 g/mol. The lowest BCUT2D eigenvalue weighted by molar-refractivity contribution is -0.132. The molecule has 3 nitrogen and oxygen atoms in total. The van der Waals surface area contributed by atoms with Gasteiger partial charge in [-0.2, -0.15) is 0 Å². The van der Waals surface area contributed by atoms with Crippen molar-refractivity contribution in [1.82, 2.24) is 0 Å². The molecule has 110 valence electrons. The lowest BCUT2D eigenvalue weighted by Gasteiger charge is -2.13. The van der Waals surface area contributed by atoms with Gasteiger partial charge in [-0.3, -0.25) is 4.79 Å². The Morgan fingerprint density at radius 2 is 2.10 bits per heavy atom. The highest BCUT2D eigenvalue weighted by atomic mass is 16.6. The van der Waals surface area contributed by atoms with Gasteiger partial charge >= 0.3 is 5.97 Å². The van der Waals surface area contributed by atoms with Crippen molar-refractivity contribution in [3.8, 4) is 11.5 Å². The van der Waals surface area contributed by atoms with Crippen LogP contribution in [0, 0.1) is 17.8 Å². The molecule has 1 aromatic carbocycles. The number of fused-ring (bicyclic) bond motifs is 2. The summed E-state index contributed by atoms with van der Waals surface area (Å²) in [4.78, 5) is 11.0. The molecule has 0 saturated heterocycles. The summed E-state index contributed by atoms with van der Waals surface area (Å²) < 4.78 is 10.4. The minimum absolute atomic E-state index is 0.342. The Hall–Kier alpha value is -2.03. The third-order valence-corrected chi connectivity index (χ3v) is 4.31. The summed E-state index contributed by atoms with van der Waals surface area (Å²) >= 11 is 0. The van der Waals surface area contributed by atoms with Gasteiger partial charge in [0.2, 0.25) is 0 Å². The third-order valence-electron chi connectivity index (χ3n) is 4.31. The van der Waals surface area contributed by atoms with E-state index in [9.17, 15) is 4.79 Å². The summed E-state index contributed by atoms with van der Waals surface area (Å²) in [5, 5.41) is 0. The Kier molecular flexibility index (Phi) is 3.82. The molecule has 1 aromatic rings. The molecule has 1 fully saturated rings. The van der Waals surface area contributed by atoms with E-state index in [0.29, 0.717) is 23.3 Å². The first-order valence-electron chi connectivity index (χ1n) is 7.38. The molecule has 0 aromatic heterocycles. The molecule has 2 aliphatic rings. The van der Waals surface area contributed by atoms with Crippen LogP contribution in [0.1, 0.15) is 25.3 Å². The van der Waals surface area contributed by atoms with E-state index in [1.54, 1.807) is 13.2 Å². The molecule has 2 aliphatic carbocycles. The van der Waals surface area contributed by atoms with Crippen LogP contribution in [0.5, 0.6) is 11.5 Å². The van der Waals surface area contributed by atoms with Crippen LogP contribution in [-0.2, 0) is 4.79 Å². The number of hydrogen-bond acceptors (Lipinski definition) is 3. The highest BCUT2D eigenvalue weighted by Crippen LogP contribution is 2.44. The maximum atomic E-state index is 11.0. The molecule has 0 amide bonds. The smallest absolute Gasteiger partial charge is 0.308 e. The summed E-state index contributed by atoms with van der Waals surface area (Å²) in [5.41, 5.74) is 1.06. The Labute approximate surface area is 125 Å². The highest BCUT2D eigenvalue weighted by molar-refractivity contribution is 5.71. The van der Waals surface area contributed by atoms with Gasteiger partial charge in [0.25, 0.3) is 0 Å². The first kappa shape index (κ1) is 13.9. The molecule has 0 N–H and O–H groups in total. The predicted molar refractivity (Wildman–Crippen MR) is 82.2 cm³/mol. The number of ether oxygens (including phenoxy) is 2. The SMILES string of the molecule is COc1cc(C=CC2CC3C=CC2C3)ccc1OC(C)=O. The number of rotatable bonds is 4. The molecule has 0 radical (unpaired) electrons. The number of esters is 1. The van der Waals surface area contributed by atoms with Crippen LogP contribution in [0.2, 0.25) is 0 Å². The Morgan fingerprint density at radius 3 is 2.71 bits per heavy atom. The normalized spacial score (nSPS) is 26.5. The van der Waals surface area contributed by atoms with E-state index in [4.69, 9.17) is 9.47 Å². The van der Waals surface area contributed by atoms with E-state index in [2.05, 4.69) is 24.3 Å². The maximum Gasteiger partial charge on any atom is 0.308 e. The van der Waals surface area contributed by atoms with Crippen LogP contribution in [-0.4, -0.2) is 13.1 Å². The second-order valence-electron chi connectivity index (χ2n) is 5.81. The molecule has 0 aliphatic heterocycles. The van der Waals surface area contributed by atoms with Crippen LogP contribution >= 0.6 is 0 Å². The fourth-order valence-electron chi connectivity index (χ4n) is 3.31. The molecule has 0 heterocycles. The van der Waals surface area contributed by atoms with Crippen molar-refractivity contribution in [3.63, 3.8) is 0 Å². The number of allylic oxidation sites excluding steroid dienone is 3. The second kappa shape index (κ2) is 5.76. The largest absolute Gasteiger partial charge is 0.493 e. The Morgan fingerprint density at radius 1 is 1.24 bits per heavy atom. The Bertz CT molecular complexity index is 600. The van der Waals surface area contributed by atoms with Gasteiger partial charge in [0.15, 0.2) is 11.5 Å². The fourth-order valence-corrected chi connectivity index (χ4v) is 3.31. The molecule has 0 spiro atoms. The average molecular weight is 284 g/mol. The van der Waals surface area contributed by atoms with Gasteiger partial charge in [-0.25, -0.2) is 0 Å². The highest BCUT2D eigenvalue weighted by Gasteiger charge is 2.33. The molecule has 3 heteroatoms. The minimum atomic E-state index is -0.342. The molecule has 1 saturated carbocycles. The molecule has 3 atom stereocenters. The maximum absolute atomic E-state index is 11.0. The van der Waals surface area contributed by atoms with E-state index in [0.717, 1.165) is 11.5 Å². The van der Waals surface area contributed by atoms with Crippen molar-refractivity contribution in [2.24, 2.45) is 17.8 Å². The first-order chi connectivity index (χ1) is 10.2. The van der Waals surface area contributed by atoms with Crippen molar-refractivity contribution in [3.05, 3.63) is 42.0 Å². The summed E-state index contributed by atoms with van der Waals surface area (Å²) in [6, 6.07) is 5.62. The molecule has 3 rings (SSSR count). The standard InChI is InChI=1S/C18H20O3/c1-12(19)21-17-8-5-13(11-18(17)20-2)3-6-15-9-14-4-7-16(15)10-14/h3-8,11,14-16H,9-10H2,1-2H3.